The molecule has 0 saturated heterocycles. The maximum atomic E-state index is 13.2. The summed E-state index contributed by atoms with van der Waals surface area (Å²) in [5, 5.41) is 3.49. The van der Waals surface area contributed by atoms with Crippen molar-refractivity contribution in [2.45, 2.75) is 50.5 Å². The molecule has 2 aromatic carbocycles. The van der Waals surface area contributed by atoms with Crippen LogP contribution in [0.3, 0.4) is 0 Å². The van der Waals surface area contributed by atoms with Gasteiger partial charge in [0, 0.05) is 29.5 Å². The van der Waals surface area contributed by atoms with Crippen LogP contribution in [-0.4, -0.2) is 11.9 Å². The SMILES string of the molecule is O=C(CC1c2ccccc2Oc2ccccc21)NC1C2CC3CC(C2)CC1C3. The van der Waals surface area contributed by atoms with Crippen LogP contribution >= 0.6 is 0 Å². The summed E-state index contributed by atoms with van der Waals surface area (Å²) in [4.78, 5) is 13.2. The standard InChI is InChI=1S/C25H27NO2/c27-24(26-25-17-10-15-9-16(12-17)13-18(25)11-15)14-21-19-5-1-3-7-22(19)28-23-8-4-2-6-20(21)23/h1-8,15-18,21,25H,9-14H2,(H,26,27). The zero-order valence-electron chi connectivity index (χ0n) is 16.1. The molecule has 1 amide bonds. The maximum Gasteiger partial charge on any atom is 0.221 e. The topological polar surface area (TPSA) is 38.3 Å². The Balaban J connectivity index is 1.24. The molecular weight excluding hydrogens is 346 g/mol. The molecule has 3 nitrogen and oxygen atoms in total. The summed E-state index contributed by atoms with van der Waals surface area (Å²) in [5.74, 6) is 5.34. The summed E-state index contributed by atoms with van der Waals surface area (Å²) in [6.45, 7) is 0. The molecule has 2 aromatic rings. The van der Waals surface area contributed by atoms with E-state index in [-0.39, 0.29) is 11.8 Å². The highest BCUT2D eigenvalue weighted by Crippen LogP contribution is 2.54. The molecule has 4 bridgehead atoms. The number of carbonyl (C=O) groups is 1. The molecule has 5 aliphatic rings. The highest BCUT2D eigenvalue weighted by Gasteiger charge is 2.48. The molecular formula is C25H27NO2. The summed E-state index contributed by atoms with van der Waals surface area (Å²) < 4.78 is 6.08. The van der Waals surface area contributed by atoms with Gasteiger partial charge >= 0.3 is 0 Å². The van der Waals surface area contributed by atoms with E-state index in [4.69, 9.17) is 4.74 Å². The summed E-state index contributed by atoms with van der Waals surface area (Å²) in [5.41, 5.74) is 2.25. The molecule has 7 rings (SSSR count). The molecule has 4 fully saturated rings. The number of hydrogen-bond acceptors (Lipinski definition) is 2. The number of amides is 1. The minimum atomic E-state index is 0.0676. The van der Waals surface area contributed by atoms with Gasteiger partial charge in [0.2, 0.25) is 5.91 Å². The lowest BCUT2D eigenvalue weighted by Crippen LogP contribution is -2.55. The third-order valence-corrected chi connectivity index (χ3v) is 7.75. The minimum absolute atomic E-state index is 0.0676. The molecule has 0 aromatic heterocycles. The van der Waals surface area contributed by atoms with E-state index in [9.17, 15) is 4.79 Å². The van der Waals surface area contributed by atoms with E-state index >= 15 is 0 Å². The van der Waals surface area contributed by atoms with E-state index in [1.807, 2.05) is 36.4 Å². The molecule has 1 heterocycles. The quantitative estimate of drug-likeness (QED) is 0.797. The number of benzene rings is 2. The molecule has 0 unspecified atom stereocenters. The zero-order chi connectivity index (χ0) is 18.7. The second kappa shape index (κ2) is 6.37. The van der Waals surface area contributed by atoms with Crippen molar-refractivity contribution in [1.82, 2.24) is 5.32 Å². The highest BCUT2D eigenvalue weighted by molar-refractivity contribution is 5.79. The number of carbonyl (C=O) groups excluding carboxylic acids is 1. The van der Waals surface area contributed by atoms with Crippen LogP contribution in [0.15, 0.2) is 48.5 Å². The second-order valence-electron chi connectivity index (χ2n) is 9.46. The lowest BCUT2D eigenvalue weighted by Gasteiger charge is -2.54. The second-order valence-corrected chi connectivity index (χ2v) is 9.46. The van der Waals surface area contributed by atoms with Crippen molar-refractivity contribution in [2.24, 2.45) is 23.7 Å². The zero-order valence-corrected chi connectivity index (χ0v) is 16.1. The van der Waals surface area contributed by atoms with E-state index in [0.717, 1.165) is 46.3 Å². The number of rotatable bonds is 3. The Kier molecular flexibility index (Phi) is 3.78. The van der Waals surface area contributed by atoms with Crippen molar-refractivity contribution in [3.8, 4) is 11.5 Å². The number of hydrogen-bond donors (Lipinski definition) is 1. The van der Waals surface area contributed by atoms with Crippen LogP contribution in [-0.2, 0) is 4.79 Å². The van der Waals surface area contributed by atoms with Gasteiger partial charge in [-0.2, -0.15) is 0 Å². The third-order valence-electron chi connectivity index (χ3n) is 7.75. The fourth-order valence-corrected chi connectivity index (χ4v) is 6.82. The molecule has 3 heteroatoms. The van der Waals surface area contributed by atoms with Gasteiger partial charge in [-0.1, -0.05) is 36.4 Å². The fourth-order valence-electron chi connectivity index (χ4n) is 6.82. The molecule has 0 radical (unpaired) electrons. The highest BCUT2D eigenvalue weighted by atomic mass is 16.5. The van der Waals surface area contributed by atoms with Gasteiger partial charge in [-0.25, -0.2) is 0 Å². The Labute approximate surface area is 166 Å². The Bertz CT molecular complexity index is 847. The van der Waals surface area contributed by atoms with Gasteiger partial charge in [-0.15, -0.1) is 0 Å². The number of para-hydroxylation sites is 2. The number of fused-ring (bicyclic) bond motifs is 2. The van der Waals surface area contributed by atoms with Crippen LogP contribution in [0.5, 0.6) is 11.5 Å². The van der Waals surface area contributed by atoms with Crippen LogP contribution in [0.4, 0.5) is 0 Å². The molecule has 1 N–H and O–H groups in total. The Hall–Kier alpha value is -2.29. The van der Waals surface area contributed by atoms with E-state index in [2.05, 4.69) is 17.4 Å². The summed E-state index contributed by atoms with van der Waals surface area (Å²) in [6, 6.07) is 16.7. The predicted octanol–water partition coefficient (Wildman–Crippen LogP) is 5.26. The molecule has 0 spiro atoms. The third kappa shape index (κ3) is 2.67. The van der Waals surface area contributed by atoms with Crippen LogP contribution in [0, 0.1) is 23.7 Å². The first-order valence-electron chi connectivity index (χ1n) is 10.9. The first kappa shape index (κ1) is 16.6. The van der Waals surface area contributed by atoms with Crippen molar-refractivity contribution in [1.29, 1.82) is 0 Å². The summed E-state index contributed by atoms with van der Waals surface area (Å²) in [7, 11) is 0. The predicted molar refractivity (Wildman–Crippen MR) is 108 cm³/mol. The van der Waals surface area contributed by atoms with Crippen molar-refractivity contribution >= 4 is 5.91 Å². The molecule has 144 valence electrons. The Morgan fingerprint density at radius 2 is 1.36 bits per heavy atom. The largest absolute Gasteiger partial charge is 0.457 e. The fraction of sp³-hybridized carbons (Fsp3) is 0.480. The van der Waals surface area contributed by atoms with E-state index < -0.39 is 0 Å². The van der Waals surface area contributed by atoms with Crippen LogP contribution in [0.25, 0.3) is 0 Å². The van der Waals surface area contributed by atoms with Crippen LogP contribution in [0.1, 0.15) is 55.6 Å². The van der Waals surface area contributed by atoms with Gasteiger partial charge in [0.25, 0.3) is 0 Å². The summed E-state index contributed by atoms with van der Waals surface area (Å²) >= 11 is 0. The molecule has 0 atom stereocenters. The lowest BCUT2D eigenvalue weighted by molar-refractivity contribution is -0.125. The molecule has 4 saturated carbocycles. The lowest BCUT2D eigenvalue weighted by atomic mass is 9.54. The smallest absolute Gasteiger partial charge is 0.221 e. The first-order chi connectivity index (χ1) is 13.7. The average molecular weight is 373 g/mol. The van der Waals surface area contributed by atoms with Crippen molar-refractivity contribution in [2.75, 3.05) is 0 Å². The maximum absolute atomic E-state index is 13.2. The van der Waals surface area contributed by atoms with Gasteiger partial charge in [0.1, 0.15) is 11.5 Å². The van der Waals surface area contributed by atoms with E-state index in [0.29, 0.717) is 12.5 Å². The van der Waals surface area contributed by atoms with Gasteiger partial charge in [0.05, 0.1) is 0 Å². The van der Waals surface area contributed by atoms with Gasteiger partial charge < -0.3 is 10.1 Å². The van der Waals surface area contributed by atoms with Crippen LogP contribution < -0.4 is 10.1 Å². The number of nitrogens with one attached hydrogen (secondary N) is 1. The van der Waals surface area contributed by atoms with Gasteiger partial charge in [-0.05, 0) is 67.9 Å². The number of ether oxygens (including phenoxy) is 1. The Morgan fingerprint density at radius 3 is 1.93 bits per heavy atom. The average Bonchev–Trinajstić information content (AvgIpc) is 2.70. The summed E-state index contributed by atoms with van der Waals surface area (Å²) in [6.07, 6.45) is 7.28. The van der Waals surface area contributed by atoms with E-state index in [1.54, 1.807) is 0 Å². The first-order valence-corrected chi connectivity index (χ1v) is 10.9. The molecule has 28 heavy (non-hydrogen) atoms. The minimum Gasteiger partial charge on any atom is -0.457 e. The van der Waals surface area contributed by atoms with Gasteiger partial charge in [0.15, 0.2) is 0 Å². The van der Waals surface area contributed by atoms with E-state index in [1.165, 1.54) is 32.1 Å². The van der Waals surface area contributed by atoms with Gasteiger partial charge in [-0.3, -0.25) is 4.79 Å². The molecule has 1 aliphatic heterocycles. The Morgan fingerprint density at radius 1 is 0.821 bits per heavy atom. The monoisotopic (exact) mass is 373 g/mol. The van der Waals surface area contributed by atoms with Crippen molar-refractivity contribution < 1.29 is 9.53 Å². The van der Waals surface area contributed by atoms with Crippen molar-refractivity contribution in [3.63, 3.8) is 0 Å². The molecule has 4 aliphatic carbocycles. The normalized spacial score (nSPS) is 32.4. The van der Waals surface area contributed by atoms with Crippen molar-refractivity contribution in [3.05, 3.63) is 59.7 Å². The van der Waals surface area contributed by atoms with Crippen LogP contribution in [0.2, 0.25) is 0 Å².